The highest BCUT2D eigenvalue weighted by Crippen LogP contribution is 2.14. The summed E-state index contributed by atoms with van der Waals surface area (Å²) in [5.74, 6) is -0.485. The average molecular weight is 347 g/mol. The number of aryl methyl sites for hydroxylation is 2. The third kappa shape index (κ3) is 4.66. The molecule has 0 aromatic heterocycles. The molecule has 0 aliphatic rings. The zero-order chi connectivity index (χ0) is 17.7. The molecule has 0 heterocycles. The van der Waals surface area contributed by atoms with Crippen LogP contribution in [0.15, 0.2) is 47.4 Å². The largest absolute Gasteiger partial charge is 0.457 e. The fourth-order valence-electron chi connectivity index (χ4n) is 2.43. The maximum absolute atomic E-state index is 12.1. The van der Waals surface area contributed by atoms with Gasteiger partial charge in [0.25, 0.3) is 0 Å². The Morgan fingerprint density at radius 3 is 2.17 bits per heavy atom. The highest BCUT2D eigenvalue weighted by molar-refractivity contribution is 7.89. The van der Waals surface area contributed by atoms with E-state index in [9.17, 15) is 13.2 Å². The molecular formula is C18H21NO4S. The summed E-state index contributed by atoms with van der Waals surface area (Å²) in [5, 5.41) is 0. The van der Waals surface area contributed by atoms with Crippen LogP contribution in [0, 0.1) is 13.8 Å². The molecule has 0 saturated carbocycles. The maximum Gasteiger partial charge on any atom is 0.338 e. The van der Waals surface area contributed by atoms with Crippen molar-refractivity contribution in [2.75, 3.05) is 6.54 Å². The molecule has 5 nitrogen and oxygen atoms in total. The first-order valence-electron chi connectivity index (χ1n) is 7.66. The summed E-state index contributed by atoms with van der Waals surface area (Å²) in [4.78, 5) is 12.2. The van der Waals surface area contributed by atoms with Crippen molar-refractivity contribution in [3.63, 3.8) is 0 Å². The molecule has 0 amide bonds. The summed E-state index contributed by atoms with van der Waals surface area (Å²) in [7, 11) is -3.52. The number of hydrogen-bond donors (Lipinski definition) is 1. The van der Waals surface area contributed by atoms with Gasteiger partial charge < -0.3 is 4.74 Å². The number of esters is 1. The zero-order valence-corrected chi connectivity index (χ0v) is 14.8. The van der Waals surface area contributed by atoms with E-state index >= 15 is 0 Å². The van der Waals surface area contributed by atoms with E-state index in [1.165, 1.54) is 24.3 Å². The van der Waals surface area contributed by atoms with Crippen LogP contribution in [0.25, 0.3) is 0 Å². The van der Waals surface area contributed by atoms with Crippen molar-refractivity contribution in [3.05, 3.63) is 64.7 Å². The minimum absolute atomic E-state index is 0.121. The molecule has 2 rings (SSSR count). The molecule has 6 heteroatoms. The molecule has 128 valence electrons. The quantitative estimate of drug-likeness (QED) is 0.816. The van der Waals surface area contributed by atoms with Crippen molar-refractivity contribution < 1.29 is 17.9 Å². The smallest absolute Gasteiger partial charge is 0.338 e. The molecule has 0 saturated heterocycles. The van der Waals surface area contributed by atoms with Crippen LogP contribution in [0.2, 0.25) is 0 Å². The van der Waals surface area contributed by atoms with E-state index in [0.717, 1.165) is 16.7 Å². The number of rotatable bonds is 6. The van der Waals surface area contributed by atoms with Crippen LogP contribution in [-0.4, -0.2) is 20.9 Å². The lowest BCUT2D eigenvalue weighted by molar-refractivity contribution is 0.0472. The Bertz CT molecular complexity index is 806. The second-order valence-corrected chi connectivity index (χ2v) is 7.36. The molecule has 0 bridgehead atoms. The number of nitrogens with one attached hydrogen (secondary N) is 1. The molecule has 0 radical (unpaired) electrons. The molecule has 24 heavy (non-hydrogen) atoms. The van der Waals surface area contributed by atoms with Gasteiger partial charge in [0.1, 0.15) is 6.61 Å². The number of carbonyl (C=O) groups is 1. The molecular weight excluding hydrogens is 326 g/mol. The minimum atomic E-state index is -3.52. The van der Waals surface area contributed by atoms with Crippen LogP contribution in [0.1, 0.15) is 34.0 Å². The first-order chi connectivity index (χ1) is 11.3. The van der Waals surface area contributed by atoms with Crippen LogP contribution < -0.4 is 4.72 Å². The molecule has 0 aliphatic carbocycles. The van der Waals surface area contributed by atoms with Crippen molar-refractivity contribution in [3.8, 4) is 0 Å². The van der Waals surface area contributed by atoms with E-state index in [1.807, 2.05) is 26.0 Å². The van der Waals surface area contributed by atoms with Crippen molar-refractivity contribution in [1.29, 1.82) is 0 Å². The van der Waals surface area contributed by atoms with Crippen molar-refractivity contribution in [2.24, 2.45) is 0 Å². The van der Waals surface area contributed by atoms with Crippen molar-refractivity contribution >= 4 is 16.0 Å². The van der Waals surface area contributed by atoms with Crippen LogP contribution >= 0.6 is 0 Å². The van der Waals surface area contributed by atoms with Crippen LogP contribution in [0.4, 0.5) is 0 Å². The Morgan fingerprint density at radius 1 is 1.04 bits per heavy atom. The van der Waals surface area contributed by atoms with E-state index in [1.54, 1.807) is 6.92 Å². The summed E-state index contributed by atoms with van der Waals surface area (Å²) in [6.07, 6.45) is 0. The summed E-state index contributed by atoms with van der Waals surface area (Å²) < 4.78 is 31.4. The van der Waals surface area contributed by atoms with Gasteiger partial charge in [-0.3, -0.25) is 0 Å². The lowest BCUT2D eigenvalue weighted by Crippen LogP contribution is -2.23. The Labute approximate surface area is 142 Å². The van der Waals surface area contributed by atoms with Gasteiger partial charge in [-0.2, -0.15) is 0 Å². The highest BCUT2D eigenvalue weighted by Gasteiger charge is 2.14. The van der Waals surface area contributed by atoms with E-state index in [0.29, 0.717) is 12.1 Å². The number of hydrogen-bond acceptors (Lipinski definition) is 4. The number of benzene rings is 2. The molecule has 0 aliphatic heterocycles. The standard InChI is InChI=1S/C18H21NO4S/c1-4-19-24(21,22)17-7-5-16(6-8-17)18(20)23-12-15-10-13(2)9-14(3)11-15/h5-11,19H,4,12H2,1-3H3. The van der Waals surface area contributed by atoms with Gasteiger partial charge in [-0.05, 0) is 43.7 Å². The predicted octanol–water partition coefficient (Wildman–Crippen LogP) is 2.96. The van der Waals surface area contributed by atoms with E-state index in [4.69, 9.17) is 4.74 Å². The summed E-state index contributed by atoms with van der Waals surface area (Å²) in [6, 6.07) is 11.7. The Kier molecular flexibility index (Phi) is 5.75. The minimum Gasteiger partial charge on any atom is -0.457 e. The molecule has 0 fully saturated rings. The predicted molar refractivity (Wildman–Crippen MR) is 92.3 cm³/mol. The Morgan fingerprint density at radius 2 is 1.62 bits per heavy atom. The van der Waals surface area contributed by atoms with Gasteiger partial charge in [0.15, 0.2) is 0 Å². The molecule has 0 unspecified atom stereocenters. The number of carbonyl (C=O) groups excluding carboxylic acids is 1. The Hall–Kier alpha value is -2.18. The monoisotopic (exact) mass is 347 g/mol. The normalized spacial score (nSPS) is 11.3. The summed E-state index contributed by atoms with van der Waals surface area (Å²) in [5.41, 5.74) is 3.46. The lowest BCUT2D eigenvalue weighted by Gasteiger charge is -2.08. The fourth-order valence-corrected chi connectivity index (χ4v) is 3.47. The van der Waals surface area contributed by atoms with Gasteiger partial charge in [-0.15, -0.1) is 0 Å². The first-order valence-corrected chi connectivity index (χ1v) is 9.14. The van der Waals surface area contributed by atoms with Crippen molar-refractivity contribution in [1.82, 2.24) is 4.72 Å². The SMILES string of the molecule is CCNS(=O)(=O)c1ccc(C(=O)OCc2cc(C)cc(C)c2)cc1. The maximum atomic E-state index is 12.1. The van der Waals surface area contributed by atoms with E-state index in [-0.39, 0.29) is 11.5 Å². The molecule has 1 N–H and O–H groups in total. The first kappa shape index (κ1) is 18.2. The second-order valence-electron chi connectivity index (χ2n) is 5.60. The highest BCUT2D eigenvalue weighted by atomic mass is 32.2. The van der Waals surface area contributed by atoms with Crippen LogP contribution in [-0.2, 0) is 21.4 Å². The van der Waals surface area contributed by atoms with Gasteiger partial charge in [0.2, 0.25) is 10.0 Å². The summed E-state index contributed by atoms with van der Waals surface area (Å²) >= 11 is 0. The average Bonchev–Trinajstić information content (AvgIpc) is 2.52. The summed E-state index contributed by atoms with van der Waals surface area (Å²) in [6.45, 7) is 6.17. The Balaban J connectivity index is 2.05. The van der Waals surface area contributed by atoms with Gasteiger partial charge in [-0.25, -0.2) is 17.9 Å². The van der Waals surface area contributed by atoms with Crippen LogP contribution in [0.3, 0.4) is 0 Å². The van der Waals surface area contributed by atoms with E-state index in [2.05, 4.69) is 10.8 Å². The molecule has 0 atom stereocenters. The van der Waals surface area contributed by atoms with E-state index < -0.39 is 16.0 Å². The van der Waals surface area contributed by atoms with Gasteiger partial charge in [0, 0.05) is 6.54 Å². The molecule has 0 spiro atoms. The number of sulfonamides is 1. The van der Waals surface area contributed by atoms with Crippen LogP contribution in [0.5, 0.6) is 0 Å². The van der Waals surface area contributed by atoms with Gasteiger partial charge >= 0.3 is 5.97 Å². The number of ether oxygens (including phenoxy) is 1. The zero-order valence-electron chi connectivity index (χ0n) is 14.0. The third-order valence-corrected chi connectivity index (χ3v) is 4.95. The van der Waals surface area contributed by atoms with Gasteiger partial charge in [0.05, 0.1) is 10.5 Å². The van der Waals surface area contributed by atoms with Gasteiger partial charge in [-0.1, -0.05) is 36.2 Å². The molecule has 2 aromatic rings. The van der Waals surface area contributed by atoms with Crippen molar-refractivity contribution in [2.45, 2.75) is 32.3 Å². The third-order valence-electron chi connectivity index (χ3n) is 3.39. The second kappa shape index (κ2) is 7.59. The fraction of sp³-hybridized carbons (Fsp3) is 0.278. The molecule has 2 aromatic carbocycles. The topological polar surface area (TPSA) is 72.5 Å². The lowest BCUT2D eigenvalue weighted by atomic mass is 10.1.